The zero-order valence-electron chi connectivity index (χ0n) is 9.93. The minimum Gasteiger partial charge on any atom is -0.356 e. The second kappa shape index (κ2) is 5.96. The van der Waals surface area contributed by atoms with Crippen LogP contribution in [0.3, 0.4) is 0 Å². The van der Waals surface area contributed by atoms with Crippen molar-refractivity contribution >= 4 is 32.7 Å². The van der Waals surface area contributed by atoms with Crippen molar-refractivity contribution in [3.05, 3.63) is 30.6 Å². The van der Waals surface area contributed by atoms with Crippen molar-refractivity contribution in [2.75, 3.05) is 23.3 Å². The van der Waals surface area contributed by atoms with E-state index in [4.69, 9.17) is 0 Å². The van der Waals surface area contributed by atoms with Crippen LogP contribution in [0.25, 0.3) is 10.9 Å². The lowest BCUT2D eigenvalue weighted by Gasteiger charge is -2.22. The third-order valence-corrected chi connectivity index (χ3v) is 3.33. The fourth-order valence-corrected chi connectivity index (χ4v) is 2.16. The Balaban J connectivity index is 2.38. The summed E-state index contributed by atoms with van der Waals surface area (Å²) in [6.07, 6.45) is 2.76. The van der Waals surface area contributed by atoms with E-state index in [-0.39, 0.29) is 0 Å². The number of benzene rings is 1. The smallest absolute Gasteiger partial charge is 0.139 e. The Morgan fingerprint density at radius 2 is 2.06 bits per heavy atom. The van der Waals surface area contributed by atoms with Crippen molar-refractivity contribution in [2.45, 2.75) is 13.3 Å². The monoisotopic (exact) mass is 293 g/mol. The molecule has 0 saturated heterocycles. The number of fused-ring (bicyclic) bond motifs is 1. The molecule has 1 aromatic carbocycles. The topological polar surface area (TPSA) is 29.0 Å². The van der Waals surface area contributed by atoms with Gasteiger partial charge in [-0.05, 0) is 25.5 Å². The molecular weight excluding hydrogens is 278 g/mol. The Kier molecular flexibility index (Phi) is 4.31. The van der Waals surface area contributed by atoms with E-state index in [2.05, 4.69) is 43.8 Å². The Morgan fingerprint density at radius 3 is 2.82 bits per heavy atom. The molecule has 3 nitrogen and oxygen atoms in total. The fourth-order valence-electron chi connectivity index (χ4n) is 1.91. The summed E-state index contributed by atoms with van der Waals surface area (Å²) in [5.74, 6) is 1.04. The van der Waals surface area contributed by atoms with E-state index in [1.54, 1.807) is 6.33 Å². The third-order valence-electron chi connectivity index (χ3n) is 2.76. The van der Waals surface area contributed by atoms with Gasteiger partial charge in [0.05, 0.1) is 5.52 Å². The molecule has 0 bridgehead atoms. The molecule has 2 rings (SSSR count). The molecule has 0 aliphatic carbocycles. The van der Waals surface area contributed by atoms with Crippen LogP contribution in [0.2, 0.25) is 0 Å². The van der Waals surface area contributed by atoms with Crippen molar-refractivity contribution in [3.8, 4) is 0 Å². The van der Waals surface area contributed by atoms with Crippen molar-refractivity contribution < 1.29 is 0 Å². The summed E-state index contributed by atoms with van der Waals surface area (Å²) in [4.78, 5) is 11.0. The van der Waals surface area contributed by atoms with Gasteiger partial charge in [-0.2, -0.15) is 0 Å². The Labute approximate surface area is 110 Å². The number of aromatic nitrogens is 2. The van der Waals surface area contributed by atoms with Crippen molar-refractivity contribution in [1.82, 2.24) is 9.97 Å². The first kappa shape index (κ1) is 12.3. The van der Waals surface area contributed by atoms with Gasteiger partial charge in [0.25, 0.3) is 0 Å². The number of alkyl halides is 1. The molecule has 0 fully saturated rings. The highest BCUT2D eigenvalue weighted by Gasteiger charge is 2.09. The van der Waals surface area contributed by atoms with Crippen molar-refractivity contribution in [2.24, 2.45) is 0 Å². The molecule has 1 heterocycles. The molecule has 0 N–H and O–H groups in total. The van der Waals surface area contributed by atoms with Gasteiger partial charge in [0.1, 0.15) is 12.1 Å². The third kappa shape index (κ3) is 2.75. The maximum absolute atomic E-state index is 4.43. The first-order chi connectivity index (χ1) is 8.36. The van der Waals surface area contributed by atoms with Gasteiger partial charge in [0.15, 0.2) is 0 Å². The van der Waals surface area contributed by atoms with Crippen molar-refractivity contribution in [3.63, 3.8) is 0 Å². The standard InChI is InChI=1S/C13H16BrN3/c1-2-17(9-5-8-14)13-11-6-3-4-7-12(11)15-10-16-13/h3-4,6-7,10H,2,5,8-9H2,1H3. The maximum Gasteiger partial charge on any atom is 0.139 e. The van der Waals surface area contributed by atoms with Crippen LogP contribution in [0.15, 0.2) is 30.6 Å². The highest BCUT2D eigenvalue weighted by molar-refractivity contribution is 9.09. The number of hydrogen-bond acceptors (Lipinski definition) is 3. The van der Waals surface area contributed by atoms with Gasteiger partial charge in [-0.1, -0.05) is 28.1 Å². The van der Waals surface area contributed by atoms with Crippen LogP contribution in [-0.2, 0) is 0 Å². The molecule has 0 spiro atoms. The molecule has 0 radical (unpaired) electrons. The lowest BCUT2D eigenvalue weighted by atomic mass is 10.2. The second-order valence-corrected chi connectivity index (χ2v) is 4.63. The number of anilines is 1. The number of hydrogen-bond donors (Lipinski definition) is 0. The van der Waals surface area contributed by atoms with Crippen LogP contribution >= 0.6 is 15.9 Å². The normalized spacial score (nSPS) is 10.7. The van der Waals surface area contributed by atoms with Gasteiger partial charge in [0.2, 0.25) is 0 Å². The van der Waals surface area contributed by atoms with E-state index in [1.807, 2.05) is 18.2 Å². The largest absolute Gasteiger partial charge is 0.356 e. The molecule has 4 heteroatoms. The Hall–Kier alpha value is -1.16. The molecule has 0 saturated carbocycles. The van der Waals surface area contributed by atoms with Gasteiger partial charge >= 0.3 is 0 Å². The van der Waals surface area contributed by atoms with E-state index < -0.39 is 0 Å². The molecule has 0 aliphatic heterocycles. The highest BCUT2D eigenvalue weighted by Crippen LogP contribution is 2.22. The van der Waals surface area contributed by atoms with E-state index in [0.717, 1.165) is 41.6 Å². The number of rotatable bonds is 5. The molecule has 90 valence electrons. The van der Waals surface area contributed by atoms with Crippen molar-refractivity contribution in [1.29, 1.82) is 0 Å². The van der Waals surface area contributed by atoms with Crippen LogP contribution in [0, 0.1) is 0 Å². The van der Waals surface area contributed by atoms with Crippen LogP contribution in [-0.4, -0.2) is 28.4 Å². The van der Waals surface area contributed by atoms with Gasteiger partial charge in [0, 0.05) is 23.8 Å². The number of halogens is 1. The molecule has 0 unspecified atom stereocenters. The quantitative estimate of drug-likeness (QED) is 0.793. The minimum atomic E-state index is 0.966. The summed E-state index contributed by atoms with van der Waals surface area (Å²) < 4.78 is 0. The van der Waals surface area contributed by atoms with Gasteiger partial charge in [-0.25, -0.2) is 9.97 Å². The van der Waals surface area contributed by atoms with Crippen LogP contribution in [0.1, 0.15) is 13.3 Å². The summed E-state index contributed by atoms with van der Waals surface area (Å²) in [5, 5.41) is 2.15. The van der Waals surface area contributed by atoms with E-state index in [0.29, 0.717) is 0 Å². The minimum absolute atomic E-state index is 0.966. The van der Waals surface area contributed by atoms with Gasteiger partial charge in [-0.15, -0.1) is 0 Å². The van der Waals surface area contributed by atoms with Crippen LogP contribution in [0.4, 0.5) is 5.82 Å². The predicted octanol–water partition coefficient (Wildman–Crippen LogP) is 3.24. The lowest BCUT2D eigenvalue weighted by Crippen LogP contribution is -2.25. The molecule has 0 atom stereocenters. The first-order valence-corrected chi connectivity index (χ1v) is 6.99. The summed E-state index contributed by atoms with van der Waals surface area (Å²) in [5.41, 5.74) is 1.01. The SMILES string of the molecule is CCN(CCCBr)c1ncnc2ccccc12. The average molecular weight is 294 g/mol. The molecular formula is C13H16BrN3. The number of nitrogens with zero attached hydrogens (tertiary/aromatic N) is 3. The molecule has 0 aliphatic rings. The van der Waals surface area contributed by atoms with Crippen LogP contribution in [0.5, 0.6) is 0 Å². The summed E-state index contributed by atoms with van der Waals surface area (Å²) in [6, 6.07) is 8.15. The van der Waals surface area contributed by atoms with E-state index in [9.17, 15) is 0 Å². The zero-order chi connectivity index (χ0) is 12.1. The van der Waals surface area contributed by atoms with E-state index >= 15 is 0 Å². The second-order valence-electron chi connectivity index (χ2n) is 3.84. The van der Waals surface area contributed by atoms with Gasteiger partial charge < -0.3 is 4.90 Å². The summed E-state index contributed by atoms with van der Waals surface area (Å²) in [6.45, 7) is 4.14. The van der Waals surface area contributed by atoms with E-state index in [1.165, 1.54) is 0 Å². The summed E-state index contributed by atoms with van der Waals surface area (Å²) >= 11 is 3.47. The Bertz CT molecular complexity index is 482. The Morgan fingerprint density at radius 1 is 1.24 bits per heavy atom. The van der Waals surface area contributed by atoms with Gasteiger partial charge in [-0.3, -0.25) is 0 Å². The average Bonchev–Trinajstić information content (AvgIpc) is 2.40. The highest BCUT2D eigenvalue weighted by atomic mass is 79.9. The summed E-state index contributed by atoms with van der Waals surface area (Å²) in [7, 11) is 0. The lowest BCUT2D eigenvalue weighted by molar-refractivity contribution is 0.787. The molecule has 0 amide bonds. The number of para-hydroxylation sites is 1. The zero-order valence-corrected chi connectivity index (χ0v) is 11.5. The molecule has 1 aromatic heterocycles. The fraction of sp³-hybridized carbons (Fsp3) is 0.385. The molecule has 17 heavy (non-hydrogen) atoms. The maximum atomic E-state index is 4.43. The molecule has 2 aromatic rings. The predicted molar refractivity (Wildman–Crippen MR) is 75.8 cm³/mol. The first-order valence-electron chi connectivity index (χ1n) is 5.87. The van der Waals surface area contributed by atoms with Crippen LogP contribution < -0.4 is 4.90 Å².